The predicted molar refractivity (Wildman–Crippen MR) is 71.3 cm³/mol. The third-order valence-corrected chi connectivity index (χ3v) is 4.76. The molecular formula is C12H17BrO8. The van der Waals surface area contributed by atoms with Crippen molar-refractivity contribution in [3.05, 3.63) is 0 Å². The van der Waals surface area contributed by atoms with Gasteiger partial charge in [-0.2, -0.15) is 0 Å². The van der Waals surface area contributed by atoms with E-state index in [2.05, 4.69) is 15.9 Å². The summed E-state index contributed by atoms with van der Waals surface area (Å²) < 4.78 is 2.01. The Morgan fingerprint density at radius 1 is 0.905 bits per heavy atom. The van der Waals surface area contributed by atoms with E-state index in [4.69, 9.17) is 4.74 Å². The van der Waals surface area contributed by atoms with Crippen molar-refractivity contribution in [2.45, 2.75) is 55.3 Å². The first-order valence-electron chi connectivity index (χ1n) is 6.00. The molecule has 0 aromatic rings. The van der Waals surface area contributed by atoms with E-state index in [0.717, 1.165) is 27.7 Å². The Hall–Kier alpha value is -0.710. The highest BCUT2D eigenvalue weighted by molar-refractivity contribution is 9.10. The average molecular weight is 369 g/mol. The van der Waals surface area contributed by atoms with Gasteiger partial charge in [-0.3, -0.25) is 14.4 Å². The zero-order valence-corrected chi connectivity index (χ0v) is 13.5. The fourth-order valence-corrected chi connectivity index (χ4v) is 3.58. The number of halogens is 1. The molecule has 9 heteroatoms. The first-order valence-corrected chi connectivity index (χ1v) is 6.79. The summed E-state index contributed by atoms with van der Waals surface area (Å²) in [5.74, 6) is -3.69. The van der Waals surface area contributed by atoms with Gasteiger partial charge in [0.1, 0.15) is 0 Å². The van der Waals surface area contributed by atoms with Crippen LogP contribution in [0, 0.1) is 0 Å². The van der Waals surface area contributed by atoms with Crippen molar-refractivity contribution in [3.8, 4) is 0 Å². The maximum atomic E-state index is 11.9. The molecule has 1 aliphatic heterocycles. The van der Waals surface area contributed by atoms with E-state index in [-0.39, 0.29) is 0 Å². The Balaban J connectivity index is 3.88. The average Bonchev–Trinajstić information content (AvgIpc) is 2.32. The number of alkyl halides is 1. The van der Waals surface area contributed by atoms with Gasteiger partial charge in [0.25, 0.3) is 4.70 Å². The van der Waals surface area contributed by atoms with Crippen molar-refractivity contribution in [2.75, 3.05) is 0 Å². The predicted octanol–water partition coefficient (Wildman–Crippen LogP) is -1.59. The van der Waals surface area contributed by atoms with Gasteiger partial charge in [0.2, 0.25) is 11.2 Å². The van der Waals surface area contributed by atoms with Crippen molar-refractivity contribution >= 4 is 33.3 Å². The van der Waals surface area contributed by atoms with Crippen LogP contribution in [0.5, 0.6) is 0 Å². The molecule has 0 aromatic heterocycles. The second-order valence-electron chi connectivity index (χ2n) is 5.18. The van der Waals surface area contributed by atoms with E-state index >= 15 is 0 Å². The number of Topliss-reactive ketones (excluding diaryl/α,β-unsaturated/α-hetero) is 3. The highest BCUT2D eigenvalue weighted by Gasteiger charge is 2.81. The second-order valence-corrected chi connectivity index (χ2v) is 6.25. The van der Waals surface area contributed by atoms with Crippen LogP contribution in [0.3, 0.4) is 0 Å². The van der Waals surface area contributed by atoms with Crippen molar-refractivity contribution in [1.29, 1.82) is 0 Å². The number of carbonyl (C=O) groups excluding carboxylic acids is 3. The molecule has 0 aromatic carbocycles. The minimum Gasteiger partial charge on any atom is -0.376 e. The third kappa shape index (κ3) is 1.89. The van der Waals surface area contributed by atoms with Crippen LogP contribution in [-0.4, -0.2) is 65.4 Å². The summed E-state index contributed by atoms with van der Waals surface area (Å²) in [5.41, 5.74) is -9.55. The lowest BCUT2D eigenvalue weighted by Gasteiger charge is -2.58. The van der Waals surface area contributed by atoms with Crippen LogP contribution in [0.2, 0.25) is 0 Å². The molecule has 0 unspecified atom stereocenters. The Kier molecular flexibility index (Phi) is 4.28. The van der Waals surface area contributed by atoms with E-state index in [0.29, 0.717) is 0 Å². The Bertz CT molecular complexity index is 517. The molecule has 0 bridgehead atoms. The second kappa shape index (κ2) is 4.90. The van der Waals surface area contributed by atoms with E-state index in [9.17, 15) is 34.8 Å². The molecule has 4 N–H and O–H groups in total. The maximum Gasteiger partial charge on any atom is 0.265 e. The number of hydrogen-bond acceptors (Lipinski definition) is 8. The minimum absolute atomic E-state index is 0.764. The fraction of sp³-hybridized carbons (Fsp3) is 0.750. The molecule has 0 amide bonds. The zero-order valence-electron chi connectivity index (χ0n) is 11.9. The van der Waals surface area contributed by atoms with Crippen LogP contribution in [0.25, 0.3) is 0 Å². The summed E-state index contributed by atoms with van der Waals surface area (Å²) in [6.45, 7) is 3.48. The topological polar surface area (TPSA) is 141 Å². The SMILES string of the molecule is CC(=O)[C@]1(O)[C@@](O)(C(C)=O)[C@@](O)(C(C)=O)[C@H](C)O[C@]1(O)Br. The molecule has 8 nitrogen and oxygen atoms in total. The first-order chi connectivity index (χ1) is 9.21. The van der Waals surface area contributed by atoms with Gasteiger partial charge in [-0.25, -0.2) is 0 Å². The smallest absolute Gasteiger partial charge is 0.265 e. The molecule has 1 rings (SSSR count). The van der Waals surface area contributed by atoms with Gasteiger partial charge in [0.15, 0.2) is 23.0 Å². The molecule has 5 atom stereocenters. The largest absolute Gasteiger partial charge is 0.376 e. The Morgan fingerprint density at radius 2 is 1.29 bits per heavy atom. The quantitative estimate of drug-likeness (QED) is 0.436. The zero-order chi connectivity index (χ0) is 17.0. The summed E-state index contributed by atoms with van der Waals surface area (Å²) in [4.78, 5) is 35.6. The molecule has 1 fully saturated rings. The standard InChI is InChI=1S/C12H17BrO8/c1-5(14)9(17)8(4)21-12(13,20)11(19,7(3)16)10(9,18)6(2)15/h8,17-20H,1-4H3/t8-,9+,10+,11-,12-/m0/s1. The lowest BCUT2D eigenvalue weighted by Crippen LogP contribution is -2.87. The molecule has 1 aliphatic rings. The van der Waals surface area contributed by atoms with Gasteiger partial charge < -0.3 is 25.2 Å². The number of aliphatic hydroxyl groups is 4. The molecule has 1 heterocycles. The number of carbonyl (C=O) groups is 3. The van der Waals surface area contributed by atoms with Gasteiger partial charge >= 0.3 is 0 Å². The fourth-order valence-electron chi connectivity index (χ4n) is 2.73. The molecule has 21 heavy (non-hydrogen) atoms. The summed E-state index contributed by atoms with van der Waals surface area (Å²) in [7, 11) is 0. The van der Waals surface area contributed by atoms with Crippen molar-refractivity contribution < 1.29 is 39.5 Å². The highest BCUT2D eigenvalue weighted by Crippen LogP contribution is 2.52. The van der Waals surface area contributed by atoms with Crippen molar-refractivity contribution in [3.63, 3.8) is 0 Å². The number of rotatable bonds is 3. The third-order valence-electron chi connectivity index (χ3n) is 4.00. The molecule has 0 aliphatic carbocycles. The molecule has 0 spiro atoms. The molecule has 0 saturated carbocycles. The van der Waals surface area contributed by atoms with Gasteiger partial charge in [-0.15, -0.1) is 0 Å². The first kappa shape index (κ1) is 18.3. The van der Waals surface area contributed by atoms with Crippen LogP contribution in [0.15, 0.2) is 0 Å². The minimum atomic E-state index is -3.31. The van der Waals surface area contributed by atoms with Crippen LogP contribution < -0.4 is 0 Å². The highest BCUT2D eigenvalue weighted by atomic mass is 79.9. The summed E-state index contributed by atoms with van der Waals surface area (Å²) in [6.07, 6.45) is -1.60. The number of ketones is 3. The van der Waals surface area contributed by atoms with Crippen LogP contribution in [0.1, 0.15) is 27.7 Å². The van der Waals surface area contributed by atoms with E-state index in [1.54, 1.807) is 0 Å². The molecule has 120 valence electrons. The monoisotopic (exact) mass is 368 g/mol. The molecule has 0 radical (unpaired) electrons. The maximum absolute atomic E-state index is 11.9. The molecule has 1 saturated heterocycles. The van der Waals surface area contributed by atoms with Gasteiger partial charge in [0, 0.05) is 0 Å². The van der Waals surface area contributed by atoms with E-state index in [1.807, 2.05) is 0 Å². The summed E-state index contributed by atoms with van der Waals surface area (Å²) >= 11 is 2.53. The van der Waals surface area contributed by atoms with Gasteiger partial charge in [-0.1, -0.05) is 0 Å². The van der Waals surface area contributed by atoms with Crippen molar-refractivity contribution in [1.82, 2.24) is 0 Å². The number of hydrogen-bond donors (Lipinski definition) is 4. The lowest BCUT2D eigenvalue weighted by molar-refractivity contribution is -0.365. The van der Waals surface area contributed by atoms with E-state index < -0.39 is 45.0 Å². The normalized spacial score (nSPS) is 47.0. The summed E-state index contributed by atoms with van der Waals surface area (Å²) in [5, 5.41) is 41.8. The van der Waals surface area contributed by atoms with Gasteiger partial charge in [0.05, 0.1) is 6.10 Å². The van der Waals surface area contributed by atoms with Crippen LogP contribution in [0.4, 0.5) is 0 Å². The Labute approximate surface area is 128 Å². The van der Waals surface area contributed by atoms with E-state index in [1.165, 1.54) is 0 Å². The lowest BCUT2D eigenvalue weighted by atomic mass is 9.61. The van der Waals surface area contributed by atoms with Crippen LogP contribution >= 0.6 is 15.9 Å². The van der Waals surface area contributed by atoms with Gasteiger partial charge in [-0.05, 0) is 43.6 Å². The Morgan fingerprint density at radius 3 is 1.57 bits per heavy atom. The molecular weight excluding hydrogens is 352 g/mol. The number of ether oxygens (including phenoxy) is 1. The van der Waals surface area contributed by atoms with Crippen LogP contribution in [-0.2, 0) is 19.1 Å². The van der Waals surface area contributed by atoms with Crippen molar-refractivity contribution in [2.24, 2.45) is 0 Å². The summed E-state index contributed by atoms with van der Waals surface area (Å²) in [6, 6.07) is 0.